The number of fused-ring (bicyclic) bond motifs is 2. The van der Waals surface area contributed by atoms with E-state index in [0.717, 1.165) is 25.6 Å². The molecule has 4 rings (SSSR count). The Bertz CT molecular complexity index is 1020. The molecule has 0 bridgehead atoms. The molecular formula is C21H20INO5. The second-order valence-corrected chi connectivity index (χ2v) is 7.67. The molecule has 1 unspecified atom stereocenters. The van der Waals surface area contributed by atoms with Crippen LogP contribution in [0, 0.1) is 3.57 Å². The lowest BCUT2D eigenvalue weighted by atomic mass is 9.90. The Kier molecular flexibility index (Phi) is 5.45. The molecule has 1 aliphatic rings. The minimum Gasteiger partial charge on any atom is -0.493 e. The molecule has 1 atom stereocenters. The molecule has 2 heterocycles. The molecule has 28 heavy (non-hydrogen) atoms. The van der Waals surface area contributed by atoms with Gasteiger partial charge in [-0.3, -0.25) is 4.98 Å². The number of rotatable bonds is 6. The highest BCUT2D eigenvalue weighted by Crippen LogP contribution is 2.39. The lowest BCUT2D eigenvalue weighted by molar-refractivity contribution is 0.174. The van der Waals surface area contributed by atoms with Gasteiger partial charge in [-0.2, -0.15) is 0 Å². The van der Waals surface area contributed by atoms with Crippen LogP contribution in [0.4, 0.5) is 0 Å². The van der Waals surface area contributed by atoms with Crippen molar-refractivity contribution < 1.29 is 24.1 Å². The van der Waals surface area contributed by atoms with Crippen molar-refractivity contribution in [2.45, 2.75) is 12.3 Å². The maximum absolute atomic E-state index is 10.2. The van der Waals surface area contributed by atoms with Gasteiger partial charge < -0.3 is 24.1 Å². The summed E-state index contributed by atoms with van der Waals surface area (Å²) < 4.78 is 22.9. The van der Waals surface area contributed by atoms with Crippen LogP contribution in [0.3, 0.4) is 0 Å². The average molecular weight is 493 g/mol. The van der Waals surface area contributed by atoms with Crippen LogP contribution in [0.5, 0.6) is 23.0 Å². The number of aliphatic hydroxyl groups excluding tert-OH is 1. The number of ether oxygens (including phenoxy) is 4. The molecule has 0 radical (unpaired) electrons. The predicted octanol–water partition coefficient (Wildman–Crippen LogP) is 3.90. The number of aliphatic hydroxyl groups is 1. The van der Waals surface area contributed by atoms with Crippen molar-refractivity contribution in [3.8, 4) is 23.0 Å². The third-order valence-electron chi connectivity index (χ3n) is 4.95. The summed E-state index contributed by atoms with van der Waals surface area (Å²) >= 11 is 2.29. The molecule has 1 N–H and O–H groups in total. The number of hydrogen-bond acceptors (Lipinski definition) is 6. The highest BCUT2D eigenvalue weighted by Gasteiger charge is 2.21. The Morgan fingerprint density at radius 2 is 1.82 bits per heavy atom. The van der Waals surface area contributed by atoms with Crippen molar-refractivity contribution in [2.24, 2.45) is 0 Å². The number of pyridine rings is 1. The van der Waals surface area contributed by atoms with E-state index in [-0.39, 0.29) is 19.3 Å². The van der Waals surface area contributed by atoms with E-state index in [0.29, 0.717) is 29.4 Å². The van der Waals surface area contributed by atoms with Crippen molar-refractivity contribution in [2.75, 3.05) is 27.6 Å². The number of hydrogen-bond donors (Lipinski definition) is 1. The van der Waals surface area contributed by atoms with Crippen molar-refractivity contribution in [1.29, 1.82) is 0 Å². The summed E-state index contributed by atoms with van der Waals surface area (Å²) in [6.07, 6.45) is 2.42. The Labute approximate surface area is 176 Å². The molecule has 2 aromatic carbocycles. The van der Waals surface area contributed by atoms with E-state index in [1.807, 2.05) is 30.3 Å². The molecule has 0 aliphatic carbocycles. The number of benzene rings is 2. The molecule has 3 aromatic rings. The van der Waals surface area contributed by atoms with Crippen LogP contribution >= 0.6 is 22.6 Å². The number of halogens is 1. The summed E-state index contributed by atoms with van der Waals surface area (Å²) in [5.41, 5.74) is 2.93. The van der Waals surface area contributed by atoms with Crippen LogP contribution in [0.15, 0.2) is 36.5 Å². The fourth-order valence-corrected chi connectivity index (χ4v) is 4.16. The highest BCUT2D eigenvalue weighted by molar-refractivity contribution is 14.1. The molecule has 0 amide bonds. The van der Waals surface area contributed by atoms with E-state index < -0.39 is 0 Å². The van der Waals surface area contributed by atoms with Gasteiger partial charge in [0.25, 0.3) is 0 Å². The minimum absolute atomic E-state index is 0.0119. The first kappa shape index (κ1) is 19.1. The molecule has 1 aromatic heterocycles. The highest BCUT2D eigenvalue weighted by atomic mass is 127. The van der Waals surface area contributed by atoms with Crippen LogP contribution in [-0.2, 0) is 6.42 Å². The quantitative estimate of drug-likeness (QED) is 0.526. The summed E-state index contributed by atoms with van der Waals surface area (Å²) in [5.74, 6) is 2.68. The third kappa shape index (κ3) is 3.44. The molecule has 0 spiro atoms. The van der Waals surface area contributed by atoms with Gasteiger partial charge in [0.2, 0.25) is 6.79 Å². The lowest BCUT2D eigenvalue weighted by Crippen LogP contribution is -2.10. The summed E-state index contributed by atoms with van der Waals surface area (Å²) in [4.78, 5) is 4.46. The molecule has 6 nitrogen and oxygen atoms in total. The second kappa shape index (κ2) is 8.00. The second-order valence-electron chi connectivity index (χ2n) is 6.51. The van der Waals surface area contributed by atoms with Gasteiger partial charge in [-0.05, 0) is 64.4 Å². The van der Waals surface area contributed by atoms with Crippen LogP contribution in [0.1, 0.15) is 17.0 Å². The van der Waals surface area contributed by atoms with Crippen molar-refractivity contribution in [1.82, 2.24) is 4.98 Å². The molecule has 0 fully saturated rings. The van der Waals surface area contributed by atoms with Crippen molar-refractivity contribution in [3.05, 3.63) is 51.2 Å². The fraction of sp³-hybridized carbons (Fsp3) is 0.286. The van der Waals surface area contributed by atoms with Crippen LogP contribution in [0.25, 0.3) is 10.9 Å². The van der Waals surface area contributed by atoms with Crippen molar-refractivity contribution in [3.63, 3.8) is 0 Å². The number of nitrogens with zero attached hydrogens (tertiary/aromatic N) is 1. The number of aromatic nitrogens is 1. The van der Waals surface area contributed by atoms with Crippen LogP contribution < -0.4 is 18.9 Å². The zero-order chi connectivity index (χ0) is 19.7. The maximum atomic E-state index is 10.2. The summed E-state index contributed by atoms with van der Waals surface area (Å²) in [7, 11) is 3.24. The zero-order valence-electron chi connectivity index (χ0n) is 15.6. The molecule has 146 valence electrons. The van der Waals surface area contributed by atoms with Crippen molar-refractivity contribution >= 4 is 33.5 Å². The predicted molar refractivity (Wildman–Crippen MR) is 114 cm³/mol. The zero-order valence-corrected chi connectivity index (χ0v) is 17.7. The van der Waals surface area contributed by atoms with Gasteiger partial charge in [0.05, 0.1) is 26.3 Å². The Morgan fingerprint density at radius 3 is 2.54 bits per heavy atom. The summed E-state index contributed by atoms with van der Waals surface area (Å²) in [6, 6.07) is 9.71. The van der Waals surface area contributed by atoms with E-state index in [9.17, 15) is 5.11 Å². The fourth-order valence-electron chi connectivity index (χ4n) is 3.50. The molecule has 0 saturated heterocycles. The summed E-state index contributed by atoms with van der Waals surface area (Å²) in [5, 5.41) is 11.1. The van der Waals surface area contributed by atoms with E-state index in [2.05, 4.69) is 27.6 Å². The first-order valence-electron chi connectivity index (χ1n) is 8.84. The SMILES string of the molecule is COc1cc(I)c(CC(CO)c2ccnc3cc4c(cc23)OCO4)cc1OC. The largest absolute Gasteiger partial charge is 0.493 e. The normalized spacial score (nSPS) is 13.6. The minimum atomic E-state index is -0.0995. The van der Waals surface area contributed by atoms with Gasteiger partial charge in [0, 0.05) is 27.1 Å². The van der Waals surface area contributed by atoms with E-state index >= 15 is 0 Å². The lowest BCUT2D eigenvalue weighted by Gasteiger charge is -2.19. The Hall–Kier alpha value is -2.26. The van der Waals surface area contributed by atoms with Gasteiger partial charge in [0.1, 0.15) is 0 Å². The molecular weight excluding hydrogens is 473 g/mol. The molecule has 7 heteroatoms. The summed E-state index contributed by atoms with van der Waals surface area (Å²) in [6.45, 7) is 0.228. The topological polar surface area (TPSA) is 70.0 Å². The first-order valence-corrected chi connectivity index (χ1v) is 9.92. The number of methoxy groups -OCH3 is 2. The van der Waals surface area contributed by atoms with Gasteiger partial charge in [-0.1, -0.05) is 0 Å². The maximum Gasteiger partial charge on any atom is 0.231 e. The molecule has 1 aliphatic heterocycles. The van der Waals surface area contributed by atoms with Gasteiger partial charge in [0.15, 0.2) is 23.0 Å². The van der Waals surface area contributed by atoms with Gasteiger partial charge >= 0.3 is 0 Å². The van der Waals surface area contributed by atoms with Gasteiger partial charge in [-0.25, -0.2) is 0 Å². The van der Waals surface area contributed by atoms with Crippen LogP contribution in [-0.4, -0.2) is 37.7 Å². The van der Waals surface area contributed by atoms with E-state index in [1.165, 1.54) is 0 Å². The first-order chi connectivity index (χ1) is 13.6. The standard InChI is InChI=1S/C21H20INO5/c1-25-18-6-12(16(22)8-19(18)26-2)5-13(10-24)14-3-4-23-17-9-21-20(7-15(14)17)27-11-28-21/h3-4,6-9,13,24H,5,10-11H2,1-2H3. The smallest absolute Gasteiger partial charge is 0.231 e. The average Bonchev–Trinajstić information content (AvgIpc) is 3.18. The van der Waals surface area contributed by atoms with E-state index in [1.54, 1.807) is 20.4 Å². The van der Waals surface area contributed by atoms with Gasteiger partial charge in [-0.15, -0.1) is 0 Å². The molecule has 0 saturated carbocycles. The van der Waals surface area contributed by atoms with E-state index in [4.69, 9.17) is 18.9 Å². The van der Waals surface area contributed by atoms with Crippen LogP contribution in [0.2, 0.25) is 0 Å². The third-order valence-corrected chi connectivity index (χ3v) is 5.95. The Balaban J connectivity index is 1.74. The Morgan fingerprint density at radius 1 is 1.11 bits per heavy atom. The monoisotopic (exact) mass is 493 g/mol.